The van der Waals surface area contributed by atoms with Crippen LogP contribution in [0.4, 0.5) is 22.7 Å². The Morgan fingerprint density at radius 3 is 1.08 bits per heavy atom. The molecule has 256 valence electrons. The van der Waals surface area contributed by atoms with Gasteiger partial charge in [-0.2, -0.15) is 0 Å². The van der Waals surface area contributed by atoms with Crippen molar-refractivity contribution in [1.29, 1.82) is 0 Å². The van der Waals surface area contributed by atoms with Gasteiger partial charge in [0.1, 0.15) is 11.5 Å². The van der Waals surface area contributed by atoms with Gasteiger partial charge in [0, 0.05) is 41.0 Å². The first kappa shape index (κ1) is 37.5. The van der Waals surface area contributed by atoms with Crippen LogP contribution in [0.3, 0.4) is 0 Å². The Morgan fingerprint density at radius 2 is 0.771 bits per heavy atom. The fourth-order valence-electron chi connectivity index (χ4n) is 5.83. The van der Waals surface area contributed by atoms with Gasteiger partial charge in [-0.1, -0.05) is 70.2 Å². The molecule has 4 rings (SSSR count). The summed E-state index contributed by atoms with van der Waals surface area (Å²) in [5.74, 6) is 0.529. The number of nitrogens with two attached hydrogens (primary N) is 4. The van der Waals surface area contributed by atoms with Crippen molar-refractivity contribution in [1.82, 2.24) is 0 Å². The topological polar surface area (TPSA) is 157 Å². The number of rotatable bonds is 16. The summed E-state index contributed by atoms with van der Waals surface area (Å²) in [5, 5.41) is 0. The maximum absolute atomic E-state index is 11.7. The van der Waals surface area contributed by atoms with Gasteiger partial charge in [0.15, 0.2) is 0 Å². The molecular weight excluding hydrogens is 600 g/mol. The monoisotopic (exact) mass is 652 g/mol. The summed E-state index contributed by atoms with van der Waals surface area (Å²) in [4.78, 5) is 23.5. The van der Waals surface area contributed by atoms with Crippen molar-refractivity contribution < 1.29 is 19.1 Å². The van der Waals surface area contributed by atoms with Crippen LogP contribution < -0.4 is 32.4 Å². The van der Waals surface area contributed by atoms with Gasteiger partial charge in [-0.3, -0.25) is 9.59 Å². The first-order valence-electron chi connectivity index (χ1n) is 17.0. The molecule has 0 heterocycles. The van der Waals surface area contributed by atoms with E-state index in [4.69, 9.17) is 32.4 Å². The molecule has 8 nitrogen and oxygen atoms in total. The van der Waals surface area contributed by atoms with Crippen molar-refractivity contribution >= 4 is 34.7 Å². The molecule has 48 heavy (non-hydrogen) atoms. The van der Waals surface area contributed by atoms with Gasteiger partial charge in [-0.15, -0.1) is 0 Å². The summed E-state index contributed by atoms with van der Waals surface area (Å²) >= 11 is 0. The molecule has 4 aromatic carbocycles. The van der Waals surface area contributed by atoms with Crippen molar-refractivity contribution in [2.75, 3.05) is 22.9 Å². The van der Waals surface area contributed by atoms with Gasteiger partial charge in [0.25, 0.3) is 0 Å². The van der Waals surface area contributed by atoms with Crippen LogP contribution in [0.2, 0.25) is 0 Å². The van der Waals surface area contributed by atoms with Crippen LogP contribution in [0.15, 0.2) is 97.1 Å². The minimum atomic E-state index is -0.244. The van der Waals surface area contributed by atoms with Crippen LogP contribution in [0, 0.1) is 0 Å². The first-order valence-corrected chi connectivity index (χ1v) is 17.0. The molecule has 8 N–H and O–H groups in total. The van der Waals surface area contributed by atoms with Crippen molar-refractivity contribution in [2.45, 2.75) is 89.9 Å². The van der Waals surface area contributed by atoms with Crippen LogP contribution in [0.25, 0.3) is 0 Å². The summed E-state index contributed by atoms with van der Waals surface area (Å²) in [6.45, 7) is 4.50. The van der Waals surface area contributed by atoms with E-state index in [0.717, 1.165) is 69.2 Å². The van der Waals surface area contributed by atoms with Crippen molar-refractivity contribution in [3.63, 3.8) is 0 Å². The van der Waals surface area contributed by atoms with E-state index in [0.29, 0.717) is 35.7 Å². The quantitative estimate of drug-likeness (QED) is 0.0405. The maximum atomic E-state index is 11.7. The molecule has 0 fully saturated rings. The molecule has 4 aromatic rings. The Balaban J connectivity index is 0.000000269. The molecule has 0 bridgehead atoms. The number of ether oxygens (including phenoxy) is 2. The summed E-state index contributed by atoms with van der Waals surface area (Å²) < 4.78 is 10.5. The molecule has 0 aliphatic carbocycles. The second-order valence-electron chi connectivity index (χ2n) is 12.2. The zero-order valence-corrected chi connectivity index (χ0v) is 28.5. The minimum Gasteiger partial charge on any atom is -0.427 e. The number of anilines is 4. The third-order valence-electron chi connectivity index (χ3n) is 8.27. The third kappa shape index (κ3) is 12.3. The second-order valence-corrected chi connectivity index (χ2v) is 12.2. The van der Waals surface area contributed by atoms with E-state index < -0.39 is 0 Å². The first-order chi connectivity index (χ1) is 23.1. The fraction of sp³-hybridized carbons (Fsp3) is 0.350. The fourth-order valence-corrected chi connectivity index (χ4v) is 5.83. The smallest absolute Gasteiger partial charge is 0.311 e. The van der Waals surface area contributed by atoms with Gasteiger partial charge in [-0.25, -0.2) is 0 Å². The maximum Gasteiger partial charge on any atom is 0.311 e. The lowest BCUT2D eigenvalue weighted by molar-refractivity contribution is -0.135. The largest absolute Gasteiger partial charge is 0.427 e. The lowest BCUT2D eigenvalue weighted by Gasteiger charge is -2.35. The van der Waals surface area contributed by atoms with Crippen LogP contribution in [0.5, 0.6) is 11.5 Å². The summed E-state index contributed by atoms with van der Waals surface area (Å²) in [6, 6.07) is 30.2. The Kier molecular flexibility index (Phi) is 15.3. The highest BCUT2D eigenvalue weighted by molar-refractivity contribution is 5.73. The lowest BCUT2D eigenvalue weighted by atomic mass is 9.68. The predicted molar refractivity (Wildman–Crippen MR) is 198 cm³/mol. The van der Waals surface area contributed by atoms with Gasteiger partial charge in [-0.05, 0) is 110 Å². The SMILES string of the molecule is CCCC(CCC)(c1ccc(N)cc1)c1ccc(N)cc1.Nc1ccc(OC(=O)CCCCCCCC(=O)Oc2ccc(N)cc2)cc1. The molecule has 0 saturated heterocycles. The zero-order chi connectivity index (χ0) is 34.8. The van der Waals surface area contributed by atoms with Crippen LogP contribution in [-0.2, 0) is 15.0 Å². The Morgan fingerprint density at radius 1 is 0.479 bits per heavy atom. The molecule has 0 aliphatic heterocycles. The Bertz CT molecular complexity index is 1400. The van der Waals surface area contributed by atoms with E-state index in [1.807, 2.05) is 24.3 Å². The summed E-state index contributed by atoms with van der Waals surface area (Å²) in [7, 11) is 0. The van der Waals surface area contributed by atoms with Gasteiger partial charge >= 0.3 is 11.9 Å². The molecule has 0 unspecified atom stereocenters. The van der Waals surface area contributed by atoms with E-state index in [1.165, 1.54) is 11.1 Å². The van der Waals surface area contributed by atoms with E-state index in [-0.39, 0.29) is 17.4 Å². The van der Waals surface area contributed by atoms with Crippen molar-refractivity contribution in [3.8, 4) is 11.5 Å². The molecular formula is C40H52N4O4. The molecule has 0 spiro atoms. The molecule has 0 aromatic heterocycles. The predicted octanol–water partition coefficient (Wildman–Crippen LogP) is 8.83. The number of carbonyl (C=O) groups excluding carboxylic acids is 2. The molecule has 0 radical (unpaired) electrons. The summed E-state index contributed by atoms with van der Waals surface area (Å²) in [5.41, 5.74) is 28.6. The molecule has 0 amide bonds. The van der Waals surface area contributed by atoms with Crippen LogP contribution in [0.1, 0.15) is 95.6 Å². The van der Waals surface area contributed by atoms with Gasteiger partial charge < -0.3 is 32.4 Å². The highest BCUT2D eigenvalue weighted by Crippen LogP contribution is 2.41. The Hall–Kier alpha value is -4.98. The highest BCUT2D eigenvalue weighted by Gasteiger charge is 2.32. The standard InChI is InChI=1S/C21H26N2O4.C19H26N2/c22-16-8-12-18(13-9-16)26-20(24)6-4-2-1-3-5-7-21(25)27-19-14-10-17(23)11-15-19;1-3-13-19(14-4-2,15-5-9-17(20)10-6-15)16-7-11-18(21)12-8-16/h8-15H,1-7,22-23H2;5-12H,3-4,13-14,20-21H2,1-2H3. The number of nitrogen functional groups attached to an aromatic ring is 4. The van der Waals surface area contributed by atoms with Crippen molar-refractivity contribution in [3.05, 3.63) is 108 Å². The molecule has 0 atom stereocenters. The number of unbranched alkanes of at least 4 members (excludes halogenated alkanes) is 4. The van der Waals surface area contributed by atoms with Crippen LogP contribution >= 0.6 is 0 Å². The average molecular weight is 653 g/mol. The number of hydrogen-bond donors (Lipinski definition) is 4. The summed E-state index contributed by atoms with van der Waals surface area (Å²) in [6.07, 6.45) is 9.66. The van der Waals surface area contributed by atoms with E-state index in [1.54, 1.807) is 48.5 Å². The highest BCUT2D eigenvalue weighted by atomic mass is 16.5. The molecule has 8 heteroatoms. The second kappa shape index (κ2) is 19.6. The minimum absolute atomic E-state index is 0.0604. The average Bonchev–Trinajstić information content (AvgIpc) is 3.07. The van der Waals surface area contributed by atoms with Gasteiger partial charge in [0.2, 0.25) is 0 Å². The van der Waals surface area contributed by atoms with Gasteiger partial charge in [0.05, 0.1) is 0 Å². The zero-order valence-electron chi connectivity index (χ0n) is 28.5. The number of benzene rings is 4. The number of hydrogen-bond acceptors (Lipinski definition) is 8. The third-order valence-corrected chi connectivity index (χ3v) is 8.27. The van der Waals surface area contributed by atoms with Crippen LogP contribution in [-0.4, -0.2) is 11.9 Å². The lowest BCUT2D eigenvalue weighted by Crippen LogP contribution is -2.27. The number of carbonyl (C=O) groups is 2. The Labute approximate surface area is 285 Å². The van der Waals surface area contributed by atoms with E-state index in [2.05, 4.69) is 38.1 Å². The van der Waals surface area contributed by atoms with Crippen molar-refractivity contribution in [2.24, 2.45) is 0 Å². The molecule has 0 aliphatic rings. The van der Waals surface area contributed by atoms with E-state index >= 15 is 0 Å². The van der Waals surface area contributed by atoms with E-state index in [9.17, 15) is 9.59 Å². The number of esters is 2. The normalized spacial score (nSPS) is 10.9. The molecule has 0 saturated carbocycles.